The fourth-order valence-electron chi connectivity index (χ4n) is 2.08. The van der Waals surface area contributed by atoms with Crippen LogP contribution in [0.3, 0.4) is 0 Å². The van der Waals surface area contributed by atoms with Crippen LogP contribution in [-0.2, 0) is 4.79 Å². The van der Waals surface area contributed by atoms with Crippen molar-refractivity contribution in [2.24, 2.45) is 0 Å². The van der Waals surface area contributed by atoms with Gasteiger partial charge in [0.1, 0.15) is 5.75 Å². The molecule has 0 bridgehead atoms. The number of hydrogen-bond acceptors (Lipinski definition) is 4. The smallest absolute Gasteiger partial charge is 0.260 e. The molecule has 2 atom stereocenters. The Morgan fingerprint density at radius 2 is 1.95 bits per heavy atom. The van der Waals surface area contributed by atoms with Gasteiger partial charge in [-0.2, -0.15) is 0 Å². The lowest BCUT2D eigenvalue weighted by molar-refractivity contribution is -0.132. The highest BCUT2D eigenvalue weighted by molar-refractivity contribution is 5.78. The summed E-state index contributed by atoms with van der Waals surface area (Å²) in [7, 11) is 0. The van der Waals surface area contributed by atoms with Crippen LogP contribution in [0.4, 0.5) is 0 Å². The molecule has 0 saturated carbocycles. The maximum atomic E-state index is 11.9. The highest BCUT2D eigenvalue weighted by Gasteiger charge is 2.32. The maximum absolute atomic E-state index is 11.9. The van der Waals surface area contributed by atoms with E-state index in [9.17, 15) is 15.0 Å². The first-order valence-electron chi connectivity index (χ1n) is 6.32. The normalized spacial score (nSPS) is 22.6. The van der Waals surface area contributed by atoms with Crippen LogP contribution in [0.15, 0.2) is 18.2 Å². The zero-order chi connectivity index (χ0) is 14.0. The van der Waals surface area contributed by atoms with Gasteiger partial charge in [0.05, 0.1) is 12.2 Å². The van der Waals surface area contributed by atoms with Gasteiger partial charge in [-0.1, -0.05) is 12.1 Å². The van der Waals surface area contributed by atoms with Crippen molar-refractivity contribution in [1.82, 2.24) is 4.90 Å². The Morgan fingerprint density at radius 3 is 2.58 bits per heavy atom. The molecule has 1 saturated heterocycles. The molecule has 0 spiro atoms. The second kappa shape index (κ2) is 5.59. The van der Waals surface area contributed by atoms with Crippen molar-refractivity contribution in [2.45, 2.75) is 26.1 Å². The number of carbonyl (C=O) groups is 1. The molecule has 1 aromatic carbocycles. The third-order valence-electron chi connectivity index (χ3n) is 3.52. The number of nitrogens with zero attached hydrogens (tertiary/aromatic N) is 1. The first-order chi connectivity index (χ1) is 8.99. The minimum absolute atomic E-state index is 0.0796. The van der Waals surface area contributed by atoms with Gasteiger partial charge in [0, 0.05) is 13.1 Å². The van der Waals surface area contributed by atoms with E-state index in [-0.39, 0.29) is 25.6 Å². The lowest BCUT2D eigenvalue weighted by atomic mass is 10.1. The molecule has 0 aromatic heterocycles. The molecule has 19 heavy (non-hydrogen) atoms. The van der Waals surface area contributed by atoms with Gasteiger partial charge in [-0.3, -0.25) is 4.79 Å². The summed E-state index contributed by atoms with van der Waals surface area (Å²) in [6.45, 7) is 4.17. The molecule has 0 radical (unpaired) electrons. The summed E-state index contributed by atoms with van der Waals surface area (Å²) < 4.78 is 5.51. The summed E-state index contributed by atoms with van der Waals surface area (Å²) in [5.41, 5.74) is 2.12. The largest absolute Gasteiger partial charge is 0.483 e. The van der Waals surface area contributed by atoms with E-state index in [0.29, 0.717) is 5.75 Å². The van der Waals surface area contributed by atoms with Gasteiger partial charge in [-0.05, 0) is 31.0 Å². The Kier molecular flexibility index (Phi) is 4.07. The van der Waals surface area contributed by atoms with E-state index >= 15 is 0 Å². The number of hydrogen-bond donors (Lipinski definition) is 2. The van der Waals surface area contributed by atoms with Gasteiger partial charge in [-0.15, -0.1) is 0 Å². The van der Waals surface area contributed by atoms with E-state index in [4.69, 9.17) is 4.74 Å². The Labute approximate surface area is 112 Å². The highest BCUT2D eigenvalue weighted by atomic mass is 16.5. The third-order valence-corrected chi connectivity index (χ3v) is 3.52. The molecule has 1 heterocycles. The number of aryl methyl sites for hydroxylation is 1. The second-order valence-electron chi connectivity index (χ2n) is 4.92. The van der Waals surface area contributed by atoms with Gasteiger partial charge in [0.2, 0.25) is 0 Å². The number of β-amino-alcohol motifs (C(OH)–C–C–N with tert-alkyl or cyclic N) is 2. The number of carbonyl (C=O) groups excluding carboxylic acids is 1. The van der Waals surface area contributed by atoms with E-state index in [0.717, 1.165) is 11.1 Å². The maximum Gasteiger partial charge on any atom is 0.260 e. The second-order valence-corrected chi connectivity index (χ2v) is 4.92. The molecular formula is C14H19NO4. The Bertz CT molecular complexity index is 465. The average molecular weight is 265 g/mol. The standard InChI is InChI=1S/C14H19NO4/c1-9-4-3-5-13(10(9)2)19-8-14(18)15-6-11(16)12(17)7-15/h3-5,11-12,16-17H,6-8H2,1-2H3/t11-,12+. The van der Waals surface area contributed by atoms with Crippen LogP contribution in [-0.4, -0.2) is 52.9 Å². The summed E-state index contributed by atoms with van der Waals surface area (Å²) in [5.74, 6) is 0.463. The zero-order valence-corrected chi connectivity index (χ0v) is 11.2. The number of aliphatic hydroxyl groups excluding tert-OH is 2. The quantitative estimate of drug-likeness (QED) is 0.821. The van der Waals surface area contributed by atoms with Crippen LogP contribution in [0.1, 0.15) is 11.1 Å². The molecule has 104 valence electrons. The van der Waals surface area contributed by atoms with Crippen molar-refractivity contribution in [2.75, 3.05) is 19.7 Å². The highest BCUT2D eigenvalue weighted by Crippen LogP contribution is 2.20. The van der Waals surface area contributed by atoms with Crippen LogP contribution in [0.25, 0.3) is 0 Å². The number of ether oxygens (including phenoxy) is 1. The number of rotatable bonds is 3. The van der Waals surface area contributed by atoms with Gasteiger partial charge in [0.15, 0.2) is 6.61 Å². The summed E-state index contributed by atoms with van der Waals surface area (Å²) in [4.78, 5) is 13.3. The lowest BCUT2D eigenvalue weighted by Crippen LogP contribution is -2.34. The molecule has 5 heteroatoms. The van der Waals surface area contributed by atoms with Gasteiger partial charge in [-0.25, -0.2) is 0 Å². The van der Waals surface area contributed by atoms with Crippen LogP contribution >= 0.6 is 0 Å². The van der Waals surface area contributed by atoms with E-state index in [1.807, 2.05) is 32.0 Å². The van der Waals surface area contributed by atoms with Crippen molar-refractivity contribution >= 4 is 5.91 Å². The molecule has 5 nitrogen and oxygen atoms in total. The number of amides is 1. The third kappa shape index (κ3) is 3.05. The summed E-state index contributed by atoms with van der Waals surface area (Å²) >= 11 is 0. The molecule has 2 rings (SSSR count). The van der Waals surface area contributed by atoms with Gasteiger partial charge in [0.25, 0.3) is 5.91 Å². The lowest BCUT2D eigenvalue weighted by Gasteiger charge is -2.16. The molecule has 2 N–H and O–H groups in total. The molecule has 0 aliphatic carbocycles. The molecule has 1 aromatic rings. The summed E-state index contributed by atoms with van der Waals surface area (Å²) in [6.07, 6.45) is -1.71. The average Bonchev–Trinajstić information content (AvgIpc) is 2.71. The predicted octanol–water partition coefficient (Wildman–Crippen LogP) is 0.246. The van der Waals surface area contributed by atoms with E-state index < -0.39 is 12.2 Å². The van der Waals surface area contributed by atoms with E-state index in [2.05, 4.69) is 0 Å². The fraction of sp³-hybridized carbons (Fsp3) is 0.500. The monoisotopic (exact) mass is 265 g/mol. The van der Waals surface area contributed by atoms with Crippen LogP contribution < -0.4 is 4.74 Å². The fourth-order valence-corrected chi connectivity index (χ4v) is 2.08. The Hall–Kier alpha value is -1.59. The van der Waals surface area contributed by atoms with Crippen molar-refractivity contribution < 1.29 is 19.7 Å². The Morgan fingerprint density at radius 1 is 1.32 bits per heavy atom. The van der Waals surface area contributed by atoms with Crippen molar-refractivity contribution in [3.63, 3.8) is 0 Å². The minimum Gasteiger partial charge on any atom is -0.483 e. The minimum atomic E-state index is -0.857. The topological polar surface area (TPSA) is 70.0 Å². The SMILES string of the molecule is Cc1cccc(OCC(=O)N2C[C@@H](O)[C@@H](O)C2)c1C. The van der Waals surface area contributed by atoms with Crippen molar-refractivity contribution in [3.05, 3.63) is 29.3 Å². The molecule has 1 fully saturated rings. The van der Waals surface area contributed by atoms with E-state index in [1.54, 1.807) is 0 Å². The van der Waals surface area contributed by atoms with E-state index in [1.165, 1.54) is 4.90 Å². The predicted molar refractivity (Wildman–Crippen MR) is 70.0 cm³/mol. The van der Waals surface area contributed by atoms with Crippen LogP contribution in [0.2, 0.25) is 0 Å². The number of aliphatic hydroxyl groups is 2. The molecule has 1 aliphatic heterocycles. The summed E-state index contributed by atoms with van der Waals surface area (Å²) in [6, 6.07) is 5.69. The molecule has 0 unspecified atom stereocenters. The van der Waals surface area contributed by atoms with Crippen molar-refractivity contribution in [1.29, 1.82) is 0 Å². The van der Waals surface area contributed by atoms with Crippen molar-refractivity contribution in [3.8, 4) is 5.75 Å². The molecule has 1 aliphatic rings. The van der Waals surface area contributed by atoms with Gasteiger partial charge >= 0.3 is 0 Å². The zero-order valence-electron chi connectivity index (χ0n) is 11.2. The molecule has 1 amide bonds. The Balaban J connectivity index is 1.92. The number of benzene rings is 1. The summed E-state index contributed by atoms with van der Waals surface area (Å²) in [5, 5.41) is 18.8. The van der Waals surface area contributed by atoms with Gasteiger partial charge < -0.3 is 19.8 Å². The first-order valence-corrected chi connectivity index (χ1v) is 6.32. The number of likely N-dealkylation sites (tertiary alicyclic amines) is 1. The van der Waals surface area contributed by atoms with Crippen LogP contribution in [0.5, 0.6) is 5.75 Å². The first kappa shape index (κ1) is 13.8. The molecular weight excluding hydrogens is 246 g/mol. The van der Waals surface area contributed by atoms with Crippen LogP contribution in [0, 0.1) is 13.8 Å².